The van der Waals surface area contributed by atoms with E-state index in [1.807, 2.05) is 26.0 Å². The van der Waals surface area contributed by atoms with Crippen LogP contribution in [0.1, 0.15) is 26.7 Å². The fourth-order valence-electron chi connectivity index (χ4n) is 3.44. The number of sulfonamides is 1. The maximum atomic E-state index is 13.0. The molecule has 2 aromatic carbocycles. The molecule has 0 radical (unpaired) electrons. The lowest BCUT2D eigenvalue weighted by molar-refractivity contribution is -0.120. The molecule has 1 heterocycles. The third-order valence-electron chi connectivity index (χ3n) is 4.93. The topological polar surface area (TPSA) is 84.9 Å². The summed E-state index contributed by atoms with van der Waals surface area (Å²) in [6.45, 7) is 4.43. The SMILES string of the molecule is COc1ccc(S(=O)(=O)N2CCC[C@@H](C(=O)Nc3cccc(OC(C)C)c3)C2)cc1. The molecular weight excluding hydrogens is 404 g/mol. The number of anilines is 1. The van der Waals surface area contributed by atoms with Crippen molar-refractivity contribution in [1.29, 1.82) is 0 Å². The molecule has 1 atom stereocenters. The molecule has 0 spiro atoms. The molecule has 1 amide bonds. The molecule has 1 fully saturated rings. The molecule has 30 heavy (non-hydrogen) atoms. The predicted octanol–water partition coefficient (Wildman–Crippen LogP) is 3.52. The van der Waals surface area contributed by atoms with Crippen LogP contribution in [0.4, 0.5) is 5.69 Å². The predicted molar refractivity (Wildman–Crippen MR) is 115 cm³/mol. The molecule has 162 valence electrons. The molecule has 1 N–H and O–H groups in total. The van der Waals surface area contributed by atoms with Crippen molar-refractivity contribution < 1.29 is 22.7 Å². The van der Waals surface area contributed by atoms with Crippen LogP contribution >= 0.6 is 0 Å². The van der Waals surface area contributed by atoms with E-state index < -0.39 is 15.9 Å². The van der Waals surface area contributed by atoms with E-state index in [-0.39, 0.29) is 23.5 Å². The van der Waals surface area contributed by atoms with Crippen LogP contribution in [-0.4, -0.2) is 44.9 Å². The highest BCUT2D eigenvalue weighted by atomic mass is 32.2. The number of piperidine rings is 1. The van der Waals surface area contributed by atoms with Crippen LogP contribution in [0.15, 0.2) is 53.4 Å². The summed E-state index contributed by atoms with van der Waals surface area (Å²) in [7, 11) is -2.14. The number of amides is 1. The number of carbonyl (C=O) groups is 1. The summed E-state index contributed by atoms with van der Waals surface area (Å²) in [6, 6.07) is 13.5. The Labute approximate surface area is 178 Å². The number of rotatable bonds is 7. The third-order valence-corrected chi connectivity index (χ3v) is 6.80. The summed E-state index contributed by atoms with van der Waals surface area (Å²) in [4.78, 5) is 13.0. The lowest BCUT2D eigenvalue weighted by Crippen LogP contribution is -2.43. The van der Waals surface area contributed by atoms with E-state index in [9.17, 15) is 13.2 Å². The summed E-state index contributed by atoms with van der Waals surface area (Å²) >= 11 is 0. The molecule has 0 aliphatic carbocycles. The van der Waals surface area contributed by atoms with Crippen LogP contribution in [0.5, 0.6) is 11.5 Å². The van der Waals surface area contributed by atoms with Crippen molar-refractivity contribution in [2.75, 3.05) is 25.5 Å². The molecule has 8 heteroatoms. The van der Waals surface area contributed by atoms with Crippen LogP contribution in [0.3, 0.4) is 0 Å². The van der Waals surface area contributed by atoms with Gasteiger partial charge in [-0.25, -0.2) is 8.42 Å². The molecule has 1 aliphatic heterocycles. The zero-order chi connectivity index (χ0) is 21.7. The quantitative estimate of drug-likeness (QED) is 0.724. The summed E-state index contributed by atoms with van der Waals surface area (Å²) < 4.78 is 38.1. The maximum Gasteiger partial charge on any atom is 0.243 e. The average molecular weight is 433 g/mol. The van der Waals surface area contributed by atoms with Crippen LogP contribution in [0.2, 0.25) is 0 Å². The average Bonchev–Trinajstić information content (AvgIpc) is 2.73. The van der Waals surface area contributed by atoms with Gasteiger partial charge in [0.05, 0.1) is 24.0 Å². The Balaban J connectivity index is 1.68. The largest absolute Gasteiger partial charge is 0.497 e. The van der Waals surface area contributed by atoms with Crippen molar-refractivity contribution in [2.24, 2.45) is 5.92 Å². The molecule has 0 aromatic heterocycles. The van der Waals surface area contributed by atoms with E-state index in [1.54, 1.807) is 24.3 Å². The first-order valence-electron chi connectivity index (χ1n) is 10.0. The molecule has 7 nitrogen and oxygen atoms in total. The van der Waals surface area contributed by atoms with Crippen molar-refractivity contribution in [3.05, 3.63) is 48.5 Å². The van der Waals surface area contributed by atoms with Crippen molar-refractivity contribution in [1.82, 2.24) is 4.31 Å². The lowest BCUT2D eigenvalue weighted by atomic mass is 9.98. The van der Waals surface area contributed by atoms with Crippen LogP contribution in [0.25, 0.3) is 0 Å². The Morgan fingerprint density at radius 2 is 1.87 bits per heavy atom. The summed E-state index contributed by atoms with van der Waals surface area (Å²) in [5.41, 5.74) is 0.633. The molecule has 1 saturated heterocycles. The van der Waals surface area contributed by atoms with Gasteiger partial charge < -0.3 is 14.8 Å². The fourth-order valence-corrected chi connectivity index (χ4v) is 4.96. The van der Waals surface area contributed by atoms with Gasteiger partial charge in [0.15, 0.2) is 0 Å². The van der Waals surface area contributed by atoms with E-state index in [4.69, 9.17) is 9.47 Å². The number of nitrogens with zero attached hydrogens (tertiary/aromatic N) is 1. The molecule has 1 aliphatic rings. The Kier molecular flexibility index (Phi) is 6.99. The summed E-state index contributed by atoms with van der Waals surface area (Å²) in [6.07, 6.45) is 1.30. The zero-order valence-electron chi connectivity index (χ0n) is 17.5. The summed E-state index contributed by atoms with van der Waals surface area (Å²) in [5.74, 6) is 0.663. The standard InChI is InChI=1S/C22H28N2O5S/c1-16(2)29-20-8-4-7-18(14-20)23-22(25)17-6-5-13-24(15-17)30(26,27)21-11-9-19(28-3)10-12-21/h4,7-12,14,16-17H,5-6,13,15H2,1-3H3,(H,23,25)/t17-/m1/s1. The van der Waals surface area contributed by atoms with Gasteiger partial charge in [0.25, 0.3) is 0 Å². The number of hydrogen-bond acceptors (Lipinski definition) is 5. The number of benzene rings is 2. The second-order valence-corrected chi connectivity index (χ2v) is 9.50. The molecule has 0 unspecified atom stereocenters. The highest BCUT2D eigenvalue weighted by Crippen LogP contribution is 2.26. The molecule has 3 rings (SSSR count). The normalized spacial score (nSPS) is 17.5. The molecule has 2 aromatic rings. The van der Waals surface area contributed by atoms with Crippen LogP contribution in [-0.2, 0) is 14.8 Å². The lowest BCUT2D eigenvalue weighted by Gasteiger charge is -2.31. The molecule has 0 saturated carbocycles. The Morgan fingerprint density at radius 1 is 1.13 bits per heavy atom. The van der Waals surface area contributed by atoms with Gasteiger partial charge in [-0.1, -0.05) is 6.07 Å². The summed E-state index contributed by atoms with van der Waals surface area (Å²) in [5, 5.41) is 2.90. The van der Waals surface area contributed by atoms with Crippen LogP contribution < -0.4 is 14.8 Å². The molecular formula is C22H28N2O5S. The minimum Gasteiger partial charge on any atom is -0.497 e. The number of nitrogens with one attached hydrogen (secondary N) is 1. The number of hydrogen-bond donors (Lipinski definition) is 1. The van der Waals surface area contributed by atoms with E-state index in [2.05, 4.69) is 5.32 Å². The van der Waals surface area contributed by atoms with Crippen molar-refractivity contribution in [2.45, 2.75) is 37.7 Å². The van der Waals surface area contributed by atoms with Gasteiger partial charge >= 0.3 is 0 Å². The Morgan fingerprint density at radius 3 is 2.53 bits per heavy atom. The fraction of sp³-hybridized carbons (Fsp3) is 0.409. The van der Waals surface area contributed by atoms with Gasteiger partial charge in [-0.3, -0.25) is 4.79 Å². The van der Waals surface area contributed by atoms with Crippen molar-refractivity contribution in [3.63, 3.8) is 0 Å². The van der Waals surface area contributed by atoms with Gasteiger partial charge in [-0.2, -0.15) is 4.31 Å². The van der Waals surface area contributed by atoms with Crippen molar-refractivity contribution in [3.8, 4) is 11.5 Å². The van der Waals surface area contributed by atoms with E-state index in [1.165, 1.54) is 23.5 Å². The number of methoxy groups -OCH3 is 1. The number of ether oxygens (including phenoxy) is 2. The first kappa shape index (κ1) is 22.1. The minimum absolute atomic E-state index is 0.0333. The second kappa shape index (κ2) is 9.49. The first-order valence-corrected chi connectivity index (χ1v) is 11.5. The van der Waals surface area contributed by atoms with Crippen LogP contribution in [0, 0.1) is 5.92 Å². The highest BCUT2D eigenvalue weighted by Gasteiger charge is 2.33. The Hall–Kier alpha value is -2.58. The monoisotopic (exact) mass is 432 g/mol. The molecule has 0 bridgehead atoms. The van der Waals surface area contributed by atoms with Gasteiger partial charge in [0, 0.05) is 24.8 Å². The second-order valence-electron chi connectivity index (χ2n) is 7.56. The van der Waals surface area contributed by atoms with E-state index in [0.29, 0.717) is 36.6 Å². The first-order chi connectivity index (χ1) is 14.3. The maximum absolute atomic E-state index is 13.0. The van der Waals surface area contributed by atoms with Gasteiger partial charge in [-0.05, 0) is 63.1 Å². The zero-order valence-corrected chi connectivity index (χ0v) is 18.3. The number of carbonyl (C=O) groups excluding carboxylic acids is 1. The smallest absolute Gasteiger partial charge is 0.243 e. The van der Waals surface area contributed by atoms with E-state index in [0.717, 1.165) is 0 Å². The van der Waals surface area contributed by atoms with Gasteiger partial charge in [-0.15, -0.1) is 0 Å². The van der Waals surface area contributed by atoms with Crippen molar-refractivity contribution >= 4 is 21.6 Å². The third kappa shape index (κ3) is 5.31. The van der Waals surface area contributed by atoms with Gasteiger partial charge in [0.1, 0.15) is 11.5 Å². The van der Waals surface area contributed by atoms with E-state index >= 15 is 0 Å². The minimum atomic E-state index is -3.67. The highest BCUT2D eigenvalue weighted by molar-refractivity contribution is 7.89. The van der Waals surface area contributed by atoms with Gasteiger partial charge in [0.2, 0.25) is 15.9 Å². The Bertz CT molecular complexity index is 973.